The van der Waals surface area contributed by atoms with Crippen molar-refractivity contribution in [3.63, 3.8) is 0 Å². The van der Waals surface area contributed by atoms with Crippen LogP contribution in [0.15, 0.2) is 36.8 Å². The van der Waals surface area contributed by atoms with E-state index in [0.29, 0.717) is 0 Å². The van der Waals surface area contributed by atoms with Gasteiger partial charge in [-0.25, -0.2) is 9.97 Å². The van der Waals surface area contributed by atoms with Crippen molar-refractivity contribution in [2.45, 2.75) is 19.6 Å². The number of pyridine rings is 1. The highest BCUT2D eigenvalue weighted by atomic mass is 32.1. The summed E-state index contributed by atoms with van der Waals surface area (Å²) in [5.74, 6) is 0. The van der Waals surface area contributed by atoms with E-state index in [-0.39, 0.29) is 6.10 Å². The number of H-pyrrole nitrogens is 1. The molecule has 4 rings (SSSR count). The summed E-state index contributed by atoms with van der Waals surface area (Å²) in [4.78, 5) is 12.8. The number of hydrogen-bond donors (Lipinski definition) is 1. The number of nitrogens with one attached hydrogen (secondary N) is 1. The lowest BCUT2D eigenvalue weighted by atomic mass is 10.1. The number of hydrogen-bond acceptors (Lipinski definition) is 6. The smallest absolute Gasteiger partial charge is 0.112 e. The molecular weight excluding hydrogens is 322 g/mol. The molecule has 0 unspecified atom stereocenters. The van der Waals surface area contributed by atoms with Crippen LogP contribution < -0.4 is 0 Å². The van der Waals surface area contributed by atoms with Gasteiger partial charge in [-0.15, -0.1) is 11.3 Å². The van der Waals surface area contributed by atoms with Gasteiger partial charge in [0.1, 0.15) is 6.10 Å². The molecule has 6 nitrogen and oxygen atoms in total. The van der Waals surface area contributed by atoms with Crippen molar-refractivity contribution >= 4 is 11.3 Å². The lowest BCUT2D eigenvalue weighted by Crippen LogP contribution is -2.37. The molecule has 1 aliphatic rings. The molecule has 24 heavy (non-hydrogen) atoms. The van der Waals surface area contributed by atoms with Gasteiger partial charge in [-0.1, -0.05) is 6.07 Å². The Kier molecular flexibility index (Phi) is 4.38. The van der Waals surface area contributed by atoms with E-state index < -0.39 is 0 Å². The van der Waals surface area contributed by atoms with Crippen molar-refractivity contribution in [3.8, 4) is 11.3 Å². The number of aryl methyl sites for hydroxylation is 1. The highest BCUT2D eigenvalue weighted by Crippen LogP contribution is 2.25. The maximum atomic E-state index is 5.97. The predicted molar refractivity (Wildman–Crippen MR) is 92.6 cm³/mol. The normalized spacial score (nSPS) is 18.8. The van der Waals surface area contributed by atoms with Crippen molar-refractivity contribution in [1.29, 1.82) is 0 Å². The van der Waals surface area contributed by atoms with Crippen LogP contribution in [-0.4, -0.2) is 44.8 Å². The summed E-state index contributed by atoms with van der Waals surface area (Å²) in [5.41, 5.74) is 2.88. The zero-order valence-corrected chi connectivity index (χ0v) is 14.3. The number of rotatable bonds is 4. The highest BCUT2D eigenvalue weighted by Gasteiger charge is 2.23. The minimum absolute atomic E-state index is 0.000352. The fourth-order valence-corrected chi connectivity index (χ4v) is 3.74. The van der Waals surface area contributed by atoms with Gasteiger partial charge in [0.05, 0.1) is 29.2 Å². The van der Waals surface area contributed by atoms with E-state index in [0.717, 1.165) is 48.2 Å². The average molecular weight is 341 g/mol. The van der Waals surface area contributed by atoms with Crippen molar-refractivity contribution < 1.29 is 4.74 Å². The minimum Gasteiger partial charge on any atom is -0.369 e. The molecule has 3 aromatic rings. The van der Waals surface area contributed by atoms with Crippen LogP contribution >= 0.6 is 11.3 Å². The van der Waals surface area contributed by atoms with Crippen LogP contribution in [0, 0.1) is 6.92 Å². The van der Waals surface area contributed by atoms with Gasteiger partial charge in [-0.2, -0.15) is 5.10 Å². The van der Waals surface area contributed by atoms with Gasteiger partial charge in [-0.3, -0.25) is 10.00 Å². The van der Waals surface area contributed by atoms with Gasteiger partial charge in [0.15, 0.2) is 0 Å². The standard InChI is InChI=1S/C17H19N5OS/c1-12-18-9-14(24-12)10-22-5-6-23-17(11-22)16-4-2-3-15(21-16)13-7-19-20-8-13/h2-4,7-9,17H,5-6,10-11H2,1H3,(H,19,20)/t17-/m1/s1. The van der Waals surface area contributed by atoms with Crippen molar-refractivity contribution in [2.75, 3.05) is 19.7 Å². The summed E-state index contributed by atoms with van der Waals surface area (Å²) in [7, 11) is 0. The lowest BCUT2D eigenvalue weighted by molar-refractivity contribution is -0.0346. The Bertz CT molecular complexity index is 801. The number of thiazole rings is 1. The van der Waals surface area contributed by atoms with Gasteiger partial charge in [0.2, 0.25) is 0 Å². The van der Waals surface area contributed by atoms with E-state index in [1.54, 1.807) is 17.5 Å². The van der Waals surface area contributed by atoms with Gasteiger partial charge >= 0.3 is 0 Å². The zero-order valence-electron chi connectivity index (χ0n) is 13.5. The number of aromatic amines is 1. The maximum Gasteiger partial charge on any atom is 0.112 e. The molecule has 0 amide bonds. The fourth-order valence-electron chi connectivity index (χ4n) is 2.91. The molecule has 7 heteroatoms. The lowest BCUT2D eigenvalue weighted by Gasteiger charge is -2.32. The van der Waals surface area contributed by atoms with Gasteiger partial charge in [-0.05, 0) is 19.1 Å². The van der Waals surface area contributed by atoms with E-state index in [9.17, 15) is 0 Å². The van der Waals surface area contributed by atoms with Crippen molar-refractivity contribution in [2.24, 2.45) is 0 Å². The third-order valence-electron chi connectivity index (χ3n) is 4.09. The largest absolute Gasteiger partial charge is 0.369 e. The average Bonchev–Trinajstić information content (AvgIpc) is 3.27. The molecule has 1 fully saturated rings. The molecule has 0 radical (unpaired) electrons. The Morgan fingerprint density at radius 2 is 2.33 bits per heavy atom. The molecular formula is C17H19N5OS. The van der Waals surface area contributed by atoms with Crippen LogP contribution in [0.4, 0.5) is 0 Å². The summed E-state index contributed by atoms with van der Waals surface area (Å²) < 4.78 is 5.97. The quantitative estimate of drug-likeness (QED) is 0.790. The molecule has 3 aromatic heterocycles. The molecule has 0 aliphatic carbocycles. The summed E-state index contributed by atoms with van der Waals surface area (Å²) >= 11 is 1.76. The van der Waals surface area contributed by atoms with Gasteiger partial charge in [0, 0.05) is 42.5 Å². The first kappa shape index (κ1) is 15.4. The molecule has 0 spiro atoms. The maximum absolute atomic E-state index is 5.97. The monoisotopic (exact) mass is 341 g/mol. The summed E-state index contributed by atoms with van der Waals surface area (Å²) in [6, 6.07) is 6.06. The predicted octanol–water partition coefficient (Wildman–Crippen LogP) is 2.81. The third kappa shape index (κ3) is 3.38. The Hall–Kier alpha value is -2.09. The van der Waals surface area contributed by atoms with Crippen LogP contribution in [0.5, 0.6) is 0 Å². The van der Waals surface area contributed by atoms with Crippen LogP contribution in [0.1, 0.15) is 21.7 Å². The number of ether oxygens (including phenoxy) is 1. The molecule has 0 saturated carbocycles. The van der Waals surface area contributed by atoms with Crippen LogP contribution in [0.3, 0.4) is 0 Å². The van der Waals surface area contributed by atoms with Gasteiger partial charge < -0.3 is 4.74 Å². The summed E-state index contributed by atoms with van der Waals surface area (Å²) in [6.07, 6.45) is 5.61. The molecule has 0 aromatic carbocycles. The van der Waals surface area contributed by atoms with Gasteiger partial charge in [0.25, 0.3) is 0 Å². The SMILES string of the molecule is Cc1ncc(CN2CCO[C@@H](c3cccc(-c4cn[nH]c4)n3)C2)s1. The second kappa shape index (κ2) is 6.80. The van der Waals surface area contributed by atoms with Crippen LogP contribution in [0.25, 0.3) is 11.3 Å². The molecule has 1 saturated heterocycles. The number of aromatic nitrogens is 4. The zero-order chi connectivity index (χ0) is 16.4. The molecule has 124 valence electrons. The molecule has 0 bridgehead atoms. The van der Waals surface area contributed by atoms with Crippen molar-refractivity contribution in [1.82, 2.24) is 25.1 Å². The Labute approximate surface area is 144 Å². The van der Waals surface area contributed by atoms with E-state index in [4.69, 9.17) is 9.72 Å². The molecule has 4 heterocycles. The summed E-state index contributed by atoms with van der Waals surface area (Å²) in [5, 5.41) is 7.94. The van der Waals surface area contributed by atoms with Crippen LogP contribution in [0.2, 0.25) is 0 Å². The second-order valence-electron chi connectivity index (χ2n) is 5.87. The van der Waals surface area contributed by atoms with E-state index in [1.165, 1.54) is 4.88 Å². The molecule has 1 aliphatic heterocycles. The van der Waals surface area contributed by atoms with Crippen molar-refractivity contribution in [3.05, 3.63) is 52.4 Å². The van der Waals surface area contributed by atoms with Crippen LogP contribution in [-0.2, 0) is 11.3 Å². The van der Waals surface area contributed by atoms with E-state index in [1.807, 2.05) is 37.5 Å². The first-order valence-electron chi connectivity index (χ1n) is 7.99. The minimum atomic E-state index is -0.000352. The Morgan fingerprint density at radius 3 is 3.12 bits per heavy atom. The second-order valence-corrected chi connectivity index (χ2v) is 7.19. The Morgan fingerprint density at radius 1 is 1.38 bits per heavy atom. The first-order chi connectivity index (χ1) is 11.8. The number of nitrogens with zero attached hydrogens (tertiary/aromatic N) is 4. The Balaban J connectivity index is 1.48. The molecule has 1 N–H and O–H groups in total. The highest BCUT2D eigenvalue weighted by molar-refractivity contribution is 7.11. The fraction of sp³-hybridized carbons (Fsp3) is 0.353. The third-order valence-corrected chi connectivity index (χ3v) is 4.99. The van der Waals surface area contributed by atoms with E-state index in [2.05, 4.69) is 20.1 Å². The topological polar surface area (TPSA) is 66.9 Å². The molecule has 1 atom stereocenters. The van der Waals surface area contributed by atoms with E-state index >= 15 is 0 Å². The first-order valence-corrected chi connectivity index (χ1v) is 8.81. The summed E-state index contributed by atoms with van der Waals surface area (Å²) in [6.45, 7) is 5.47. The number of morpholine rings is 1.